The predicted octanol–water partition coefficient (Wildman–Crippen LogP) is 1.39. The number of aliphatic carboxylic acids is 1. The second-order valence-electron chi connectivity index (χ2n) is 5.13. The molecule has 0 aliphatic heterocycles. The number of carboxylic acid groups (broad SMARTS) is 1. The van der Waals surface area contributed by atoms with Gasteiger partial charge in [0.05, 0.1) is 6.42 Å². The summed E-state index contributed by atoms with van der Waals surface area (Å²) in [6.07, 6.45) is 2.00. The molecule has 0 spiro atoms. The molecule has 1 aliphatic rings. The van der Waals surface area contributed by atoms with Gasteiger partial charge >= 0.3 is 5.97 Å². The van der Waals surface area contributed by atoms with E-state index in [1.54, 1.807) is 14.0 Å². The Kier molecular flexibility index (Phi) is 3.92. The van der Waals surface area contributed by atoms with Crippen LogP contribution in [0.15, 0.2) is 0 Å². The molecule has 20 heavy (non-hydrogen) atoms. The largest absolute Gasteiger partial charge is 0.481 e. The minimum absolute atomic E-state index is 0.0761. The number of aromatic nitrogens is 1. The zero-order valence-corrected chi connectivity index (χ0v) is 11.7. The molecule has 0 bridgehead atoms. The lowest BCUT2D eigenvalue weighted by Crippen LogP contribution is -2.29. The molecule has 1 heterocycles. The summed E-state index contributed by atoms with van der Waals surface area (Å²) in [4.78, 5) is 39.1. The first-order valence-corrected chi connectivity index (χ1v) is 6.63. The first kappa shape index (κ1) is 14.3. The van der Waals surface area contributed by atoms with E-state index in [2.05, 4.69) is 4.98 Å². The van der Waals surface area contributed by atoms with E-state index in [9.17, 15) is 14.4 Å². The highest BCUT2D eigenvalue weighted by Gasteiger charge is 2.27. The van der Waals surface area contributed by atoms with Gasteiger partial charge in [0.2, 0.25) is 0 Å². The maximum Gasteiger partial charge on any atom is 0.305 e. The van der Waals surface area contributed by atoms with E-state index < -0.39 is 5.97 Å². The lowest BCUT2D eigenvalue weighted by Gasteiger charge is -2.15. The zero-order valence-electron chi connectivity index (χ0n) is 11.7. The molecule has 1 aromatic heterocycles. The molecule has 0 radical (unpaired) electrons. The second kappa shape index (κ2) is 5.48. The minimum atomic E-state index is -0.942. The maximum atomic E-state index is 12.3. The standard InChI is InChI=1S/C14H18N2O4/c1-8-12-9(4-3-5-10(12)17)15-13(8)14(20)16(2)7-6-11(18)19/h15H,3-7H2,1-2H3,(H,18,19). The molecule has 2 N–H and O–H groups in total. The van der Waals surface area contributed by atoms with Crippen molar-refractivity contribution in [1.82, 2.24) is 9.88 Å². The van der Waals surface area contributed by atoms with Gasteiger partial charge in [-0.3, -0.25) is 14.4 Å². The third-order valence-electron chi connectivity index (χ3n) is 3.66. The van der Waals surface area contributed by atoms with Crippen molar-refractivity contribution < 1.29 is 19.5 Å². The monoisotopic (exact) mass is 278 g/mol. The third kappa shape index (κ3) is 2.59. The lowest BCUT2D eigenvalue weighted by atomic mass is 9.94. The summed E-state index contributed by atoms with van der Waals surface area (Å²) in [7, 11) is 1.56. The summed E-state index contributed by atoms with van der Waals surface area (Å²) in [5.74, 6) is -1.14. The number of rotatable bonds is 4. The predicted molar refractivity (Wildman–Crippen MR) is 72.0 cm³/mol. The average molecular weight is 278 g/mol. The summed E-state index contributed by atoms with van der Waals surface area (Å²) in [5.41, 5.74) is 2.55. The first-order valence-electron chi connectivity index (χ1n) is 6.63. The van der Waals surface area contributed by atoms with Crippen molar-refractivity contribution in [2.45, 2.75) is 32.6 Å². The number of fused-ring (bicyclic) bond motifs is 1. The smallest absolute Gasteiger partial charge is 0.305 e. The van der Waals surface area contributed by atoms with Crippen molar-refractivity contribution >= 4 is 17.7 Å². The van der Waals surface area contributed by atoms with Crippen LogP contribution in [0.1, 0.15) is 51.4 Å². The van der Waals surface area contributed by atoms with Gasteiger partial charge in [0.15, 0.2) is 5.78 Å². The van der Waals surface area contributed by atoms with Gasteiger partial charge in [-0.1, -0.05) is 0 Å². The molecule has 1 amide bonds. The highest BCUT2D eigenvalue weighted by molar-refractivity contribution is 6.04. The average Bonchev–Trinajstić information content (AvgIpc) is 2.73. The number of aromatic amines is 1. The number of ketones is 1. The number of nitrogens with zero attached hydrogens (tertiary/aromatic N) is 1. The van der Waals surface area contributed by atoms with E-state index in [-0.39, 0.29) is 24.7 Å². The van der Waals surface area contributed by atoms with Gasteiger partial charge in [-0.2, -0.15) is 0 Å². The summed E-state index contributed by atoms with van der Waals surface area (Å²) >= 11 is 0. The molecule has 0 aromatic carbocycles. The van der Waals surface area contributed by atoms with E-state index in [4.69, 9.17) is 5.11 Å². The van der Waals surface area contributed by atoms with Gasteiger partial charge < -0.3 is 15.0 Å². The van der Waals surface area contributed by atoms with Gasteiger partial charge in [0.25, 0.3) is 5.91 Å². The van der Waals surface area contributed by atoms with Gasteiger partial charge in [-0.15, -0.1) is 0 Å². The van der Waals surface area contributed by atoms with Crippen molar-refractivity contribution in [3.05, 3.63) is 22.5 Å². The Hall–Kier alpha value is -2.11. The number of H-pyrrole nitrogens is 1. The molecule has 0 fully saturated rings. The van der Waals surface area contributed by atoms with Crippen LogP contribution < -0.4 is 0 Å². The van der Waals surface area contributed by atoms with Crippen LogP contribution in [0.3, 0.4) is 0 Å². The summed E-state index contributed by atoms with van der Waals surface area (Å²) in [6.45, 7) is 1.90. The minimum Gasteiger partial charge on any atom is -0.481 e. The molecule has 6 heteroatoms. The van der Waals surface area contributed by atoms with Crippen LogP contribution in [-0.4, -0.2) is 46.2 Å². The number of hydrogen-bond acceptors (Lipinski definition) is 3. The van der Waals surface area contributed by atoms with Gasteiger partial charge in [0, 0.05) is 31.3 Å². The molecule has 0 saturated carbocycles. The van der Waals surface area contributed by atoms with Crippen LogP contribution in [0.25, 0.3) is 0 Å². The Balaban J connectivity index is 2.23. The molecule has 2 rings (SSSR count). The number of carbonyl (C=O) groups excluding carboxylic acids is 2. The number of amides is 1. The molecular formula is C14H18N2O4. The van der Waals surface area contributed by atoms with Crippen molar-refractivity contribution in [1.29, 1.82) is 0 Å². The van der Waals surface area contributed by atoms with E-state index in [1.165, 1.54) is 4.90 Å². The van der Waals surface area contributed by atoms with E-state index in [0.29, 0.717) is 23.2 Å². The number of carboxylic acids is 1. The van der Waals surface area contributed by atoms with Crippen LogP contribution in [-0.2, 0) is 11.2 Å². The third-order valence-corrected chi connectivity index (χ3v) is 3.66. The fourth-order valence-corrected chi connectivity index (χ4v) is 2.54. The highest BCUT2D eigenvalue weighted by atomic mass is 16.4. The molecule has 1 aliphatic carbocycles. The number of hydrogen-bond donors (Lipinski definition) is 2. The molecule has 0 saturated heterocycles. The molecule has 0 atom stereocenters. The summed E-state index contributed by atoms with van der Waals surface area (Å²) in [5, 5.41) is 8.65. The number of Topliss-reactive ketones (excluding diaryl/α,β-unsaturated/α-hetero) is 1. The molecular weight excluding hydrogens is 260 g/mol. The van der Waals surface area contributed by atoms with Crippen molar-refractivity contribution in [2.75, 3.05) is 13.6 Å². The zero-order chi connectivity index (χ0) is 14.9. The Morgan fingerprint density at radius 1 is 1.35 bits per heavy atom. The SMILES string of the molecule is Cc1c(C(=O)N(C)CCC(=O)O)[nH]c2c1C(=O)CCC2. The fourth-order valence-electron chi connectivity index (χ4n) is 2.54. The van der Waals surface area contributed by atoms with Crippen molar-refractivity contribution in [3.8, 4) is 0 Å². The van der Waals surface area contributed by atoms with Crippen LogP contribution in [0.4, 0.5) is 0 Å². The van der Waals surface area contributed by atoms with Crippen LogP contribution in [0, 0.1) is 6.92 Å². The Labute approximate surface area is 116 Å². The summed E-state index contributed by atoms with van der Waals surface area (Å²) < 4.78 is 0. The van der Waals surface area contributed by atoms with Gasteiger partial charge in [0.1, 0.15) is 5.69 Å². The maximum absolute atomic E-state index is 12.3. The number of aryl methyl sites for hydroxylation is 1. The first-order chi connectivity index (χ1) is 9.41. The van der Waals surface area contributed by atoms with Gasteiger partial charge in [-0.05, 0) is 25.3 Å². The highest BCUT2D eigenvalue weighted by Crippen LogP contribution is 2.26. The molecule has 1 aromatic rings. The Bertz CT molecular complexity index is 574. The quantitative estimate of drug-likeness (QED) is 0.870. The van der Waals surface area contributed by atoms with E-state index in [1.807, 2.05) is 0 Å². The number of nitrogens with one attached hydrogen (secondary N) is 1. The summed E-state index contributed by atoms with van der Waals surface area (Å²) in [6, 6.07) is 0. The van der Waals surface area contributed by atoms with Crippen molar-refractivity contribution in [2.24, 2.45) is 0 Å². The Morgan fingerprint density at radius 2 is 2.05 bits per heavy atom. The normalized spacial score (nSPS) is 14.0. The van der Waals surface area contributed by atoms with Crippen LogP contribution in [0.5, 0.6) is 0 Å². The lowest BCUT2D eigenvalue weighted by molar-refractivity contribution is -0.137. The fraction of sp³-hybridized carbons (Fsp3) is 0.500. The van der Waals surface area contributed by atoms with E-state index in [0.717, 1.165) is 18.5 Å². The Morgan fingerprint density at radius 3 is 2.65 bits per heavy atom. The van der Waals surface area contributed by atoms with Gasteiger partial charge in [-0.25, -0.2) is 0 Å². The molecule has 108 valence electrons. The molecule has 6 nitrogen and oxygen atoms in total. The second-order valence-corrected chi connectivity index (χ2v) is 5.13. The number of carbonyl (C=O) groups is 3. The molecule has 0 unspecified atom stereocenters. The van der Waals surface area contributed by atoms with E-state index >= 15 is 0 Å². The van der Waals surface area contributed by atoms with Crippen LogP contribution >= 0.6 is 0 Å². The van der Waals surface area contributed by atoms with Crippen LogP contribution in [0.2, 0.25) is 0 Å². The topological polar surface area (TPSA) is 90.5 Å². The van der Waals surface area contributed by atoms with Crippen molar-refractivity contribution in [3.63, 3.8) is 0 Å².